The zero-order valence-electron chi connectivity index (χ0n) is 13.2. The van der Waals surface area contributed by atoms with Crippen LogP contribution in [-0.4, -0.2) is 21.2 Å². The van der Waals surface area contributed by atoms with Crippen molar-refractivity contribution in [3.05, 3.63) is 42.0 Å². The summed E-state index contributed by atoms with van der Waals surface area (Å²) in [6.07, 6.45) is 2.14. The van der Waals surface area contributed by atoms with Gasteiger partial charge in [-0.25, -0.2) is 9.37 Å². The number of fused-ring (bicyclic) bond motifs is 1. The molecule has 0 fully saturated rings. The van der Waals surface area contributed by atoms with Crippen LogP contribution in [-0.2, 0) is 11.8 Å². The molecule has 0 saturated carbocycles. The molecule has 5 nitrogen and oxygen atoms in total. The largest absolute Gasteiger partial charge is 0.313 e. The van der Waals surface area contributed by atoms with E-state index in [0.29, 0.717) is 17.7 Å². The van der Waals surface area contributed by atoms with E-state index >= 15 is 0 Å². The topological polar surface area (TPSA) is 59.8 Å². The van der Waals surface area contributed by atoms with Crippen molar-refractivity contribution in [2.24, 2.45) is 7.05 Å². The molecule has 0 aliphatic rings. The number of aryl methyl sites for hydroxylation is 1. The van der Waals surface area contributed by atoms with Crippen molar-refractivity contribution in [1.29, 1.82) is 0 Å². The van der Waals surface area contributed by atoms with Crippen molar-refractivity contribution in [2.45, 2.75) is 19.8 Å². The van der Waals surface area contributed by atoms with Crippen LogP contribution in [0, 0.1) is 5.82 Å². The summed E-state index contributed by atoms with van der Waals surface area (Å²) in [6, 6.07) is 6.88. The molecule has 0 spiro atoms. The Labute approximate surface area is 133 Å². The van der Waals surface area contributed by atoms with Crippen LogP contribution in [0.2, 0.25) is 0 Å². The number of nitrogens with one attached hydrogen (secondary N) is 1. The number of pyridine rings is 1. The second-order valence-electron chi connectivity index (χ2n) is 5.71. The number of rotatable bonds is 4. The highest BCUT2D eigenvalue weighted by Crippen LogP contribution is 2.32. The lowest BCUT2D eigenvalue weighted by Gasteiger charge is -2.08. The summed E-state index contributed by atoms with van der Waals surface area (Å²) in [5, 5.41) is 7.59. The van der Waals surface area contributed by atoms with Gasteiger partial charge in [-0.05, 0) is 41.3 Å². The molecule has 6 heteroatoms. The number of hydrogen-bond donors (Lipinski definition) is 1. The fourth-order valence-electron chi connectivity index (χ4n) is 2.87. The molecule has 0 unspecified atom stereocenters. The maximum Gasteiger partial charge on any atom is 0.212 e. The minimum atomic E-state index is -0.360. The number of anilines is 1. The maximum atomic E-state index is 14.5. The number of nitrogens with zero attached hydrogens (tertiary/aromatic N) is 3. The minimum absolute atomic E-state index is 0.226. The predicted molar refractivity (Wildman–Crippen MR) is 87.7 cm³/mol. The first kappa shape index (κ1) is 15.1. The summed E-state index contributed by atoms with van der Waals surface area (Å²) >= 11 is 0. The third-order valence-electron chi connectivity index (χ3n) is 3.78. The Kier molecular flexibility index (Phi) is 3.82. The summed E-state index contributed by atoms with van der Waals surface area (Å²) in [5.41, 5.74) is 2.87. The average molecular weight is 312 g/mol. The van der Waals surface area contributed by atoms with E-state index in [1.165, 1.54) is 6.07 Å². The normalized spacial score (nSPS) is 11.2. The smallest absolute Gasteiger partial charge is 0.212 e. The molecule has 0 aliphatic carbocycles. The third kappa shape index (κ3) is 2.67. The van der Waals surface area contributed by atoms with Gasteiger partial charge in [-0.2, -0.15) is 5.10 Å². The van der Waals surface area contributed by atoms with Crippen LogP contribution >= 0.6 is 0 Å². The molecule has 3 rings (SSSR count). The Morgan fingerprint density at radius 2 is 2.04 bits per heavy atom. The van der Waals surface area contributed by atoms with Gasteiger partial charge in [0, 0.05) is 24.3 Å². The lowest BCUT2D eigenvalue weighted by Crippen LogP contribution is -1.99. The molecule has 2 heterocycles. The number of hydrogen-bond acceptors (Lipinski definition) is 3. The van der Waals surface area contributed by atoms with E-state index < -0.39 is 0 Å². The van der Waals surface area contributed by atoms with Crippen LogP contribution < -0.4 is 5.32 Å². The molecule has 3 aromatic rings. The van der Waals surface area contributed by atoms with E-state index in [2.05, 4.69) is 29.2 Å². The van der Waals surface area contributed by atoms with Crippen LogP contribution in [0.5, 0.6) is 0 Å². The summed E-state index contributed by atoms with van der Waals surface area (Å²) < 4.78 is 16.2. The minimum Gasteiger partial charge on any atom is -0.313 e. The molecule has 1 amide bonds. The van der Waals surface area contributed by atoms with Gasteiger partial charge in [0.15, 0.2) is 5.82 Å². The first-order valence-corrected chi connectivity index (χ1v) is 7.34. The molecule has 118 valence electrons. The molecule has 1 aromatic carbocycles. The third-order valence-corrected chi connectivity index (χ3v) is 3.78. The van der Waals surface area contributed by atoms with Gasteiger partial charge in [0.25, 0.3) is 0 Å². The molecule has 0 atom stereocenters. The Balaban J connectivity index is 2.21. The van der Waals surface area contributed by atoms with E-state index in [9.17, 15) is 9.18 Å². The molecule has 1 N–H and O–H groups in total. The molecule has 23 heavy (non-hydrogen) atoms. The zero-order chi connectivity index (χ0) is 16.6. The predicted octanol–water partition coefficient (Wildman–Crippen LogP) is 3.47. The van der Waals surface area contributed by atoms with Crippen LogP contribution in [0.3, 0.4) is 0 Å². The van der Waals surface area contributed by atoms with Crippen molar-refractivity contribution in [2.75, 3.05) is 5.32 Å². The summed E-state index contributed by atoms with van der Waals surface area (Å²) in [7, 11) is 1.83. The van der Waals surface area contributed by atoms with Gasteiger partial charge in [0.1, 0.15) is 11.3 Å². The van der Waals surface area contributed by atoms with Crippen molar-refractivity contribution >= 4 is 23.1 Å². The first-order valence-electron chi connectivity index (χ1n) is 7.34. The van der Waals surface area contributed by atoms with Crippen LogP contribution in [0.1, 0.15) is 25.5 Å². The summed E-state index contributed by atoms with van der Waals surface area (Å²) in [5.74, 6) is 0.291. The van der Waals surface area contributed by atoms with Gasteiger partial charge >= 0.3 is 0 Å². The van der Waals surface area contributed by atoms with E-state index in [4.69, 9.17) is 0 Å². The Bertz CT molecular complexity index is 886. The highest BCUT2D eigenvalue weighted by atomic mass is 19.1. The van der Waals surface area contributed by atoms with Crippen LogP contribution in [0.4, 0.5) is 10.2 Å². The lowest BCUT2D eigenvalue weighted by atomic mass is 10.00. The van der Waals surface area contributed by atoms with Gasteiger partial charge in [-0.1, -0.05) is 13.8 Å². The quantitative estimate of drug-likeness (QED) is 0.750. The Hall–Kier alpha value is -2.76. The number of benzene rings is 1. The van der Waals surface area contributed by atoms with E-state index in [-0.39, 0.29) is 11.7 Å². The summed E-state index contributed by atoms with van der Waals surface area (Å²) in [6.45, 7) is 4.11. The number of aromatic nitrogens is 3. The molecule has 0 aliphatic heterocycles. The Morgan fingerprint density at radius 1 is 1.26 bits per heavy atom. The van der Waals surface area contributed by atoms with Gasteiger partial charge in [0.05, 0.1) is 0 Å². The van der Waals surface area contributed by atoms with E-state index in [1.807, 2.05) is 13.1 Å². The van der Waals surface area contributed by atoms with Crippen molar-refractivity contribution < 1.29 is 9.18 Å². The van der Waals surface area contributed by atoms with E-state index in [1.54, 1.807) is 23.0 Å². The summed E-state index contributed by atoms with van der Waals surface area (Å²) in [4.78, 5) is 14.6. The second kappa shape index (κ2) is 5.79. The fraction of sp³-hybridized carbons (Fsp3) is 0.235. The molecule has 0 bridgehead atoms. The molecular formula is C17H17FN4O. The first-order chi connectivity index (χ1) is 11.0. The van der Waals surface area contributed by atoms with Gasteiger partial charge in [-0.15, -0.1) is 0 Å². The molecule has 2 aromatic heterocycles. The number of carbonyl (C=O) groups is 1. The monoisotopic (exact) mass is 312 g/mol. The standard InChI is InChI=1S/C17H17FN4O/c1-10(2)17-13-6-12(7-14(18)16(13)21-22(17)3)11-4-5-19-15(8-11)20-9-23/h4-10H,1-3H3,(H,19,20,23). The van der Waals surface area contributed by atoms with Crippen molar-refractivity contribution in [3.8, 4) is 11.1 Å². The average Bonchev–Trinajstić information content (AvgIpc) is 2.84. The number of amides is 1. The molecule has 0 saturated heterocycles. The van der Waals surface area contributed by atoms with Gasteiger partial charge in [-0.3, -0.25) is 9.48 Å². The van der Waals surface area contributed by atoms with E-state index in [0.717, 1.165) is 22.2 Å². The van der Waals surface area contributed by atoms with Gasteiger partial charge in [0.2, 0.25) is 6.41 Å². The lowest BCUT2D eigenvalue weighted by molar-refractivity contribution is -0.105. The SMILES string of the molecule is CC(C)c1c2cc(-c3ccnc(NC=O)c3)cc(F)c2nn1C. The molecular weight excluding hydrogens is 295 g/mol. The molecule has 0 radical (unpaired) electrons. The van der Waals surface area contributed by atoms with Crippen LogP contribution in [0.25, 0.3) is 22.0 Å². The highest BCUT2D eigenvalue weighted by Gasteiger charge is 2.17. The maximum absolute atomic E-state index is 14.5. The number of halogens is 1. The zero-order valence-corrected chi connectivity index (χ0v) is 13.2. The van der Waals surface area contributed by atoms with Crippen molar-refractivity contribution in [1.82, 2.24) is 14.8 Å². The highest BCUT2D eigenvalue weighted by molar-refractivity contribution is 5.88. The fourth-order valence-corrected chi connectivity index (χ4v) is 2.87. The van der Waals surface area contributed by atoms with Crippen molar-refractivity contribution in [3.63, 3.8) is 0 Å². The number of carbonyl (C=O) groups excluding carboxylic acids is 1. The second-order valence-corrected chi connectivity index (χ2v) is 5.71. The Morgan fingerprint density at radius 3 is 2.74 bits per heavy atom. The van der Waals surface area contributed by atoms with Crippen LogP contribution in [0.15, 0.2) is 30.5 Å². The van der Waals surface area contributed by atoms with Gasteiger partial charge < -0.3 is 5.32 Å².